The topological polar surface area (TPSA) is 48.0 Å². The van der Waals surface area contributed by atoms with Crippen molar-refractivity contribution in [3.05, 3.63) is 48.0 Å². The molecule has 0 unspecified atom stereocenters. The Morgan fingerprint density at radius 1 is 1.05 bits per heavy atom. The van der Waals surface area contributed by atoms with Gasteiger partial charge >= 0.3 is 0 Å². The maximum absolute atomic E-state index is 4.71. The molecule has 0 N–H and O–H groups in total. The Labute approximate surface area is 121 Å². The first kappa shape index (κ1) is 12.1. The van der Waals surface area contributed by atoms with Crippen LogP contribution in [0.25, 0.3) is 27.9 Å². The van der Waals surface area contributed by atoms with Crippen LogP contribution >= 0.6 is 0 Å². The number of rotatable bonds is 1. The second kappa shape index (κ2) is 4.15. The largest absolute Gasteiger partial charge is 0.334 e. The van der Waals surface area contributed by atoms with Crippen molar-refractivity contribution < 1.29 is 0 Å². The highest BCUT2D eigenvalue weighted by Gasteiger charge is 2.09. The second-order valence-corrected chi connectivity index (χ2v) is 5.41. The maximum Gasteiger partial charge on any atom is 0.156 e. The van der Waals surface area contributed by atoms with Gasteiger partial charge in [-0.15, -0.1) is 0 Å². The van der Waals surface area contributed by atoms with Gasteiger partial charge in [0.25, 0.3) is 0 Å². The molecule has 0 radical (unpaired) electrons. The van der Waals surface area contributed by atoms with E-state index in [1.165, 1.54) is 0 Å². The van der Waals surface area contributed by atoms with Crippen LogP contribution in [0, 0.1) is 13.8 Å². The molecule has 1 aromatic carbocycles. The number of fused-ring (bicyclic) bond motifs is 2. The van der Waals surface area contributed by atoms with Gasteiger partial charge in [-0.1, -0.05) is 6.07 Å². The average molecular weight is 277 g/mol. The molecule has 0 aliphatic rings. The Morgan fingerprint density at radius 3 is 2.76 bits per heavy atom. The van der Waals surface area contributed by atoms with Gasteiger partial charge in [0, 0.05) is 12.6 Å². The first-order valence-corrected chi connectivity index (χ1v) is 6.87. The van der Waals surface area contributed by atoms with Crippen LogP contribution in [0.2, 0.25) is 0 Å². The predicted octanol–water partition coefficient (Wildman–Crippen LogP) is 2.90. The van der Waals surface area contributed by atoms with Gasteiger partial charge in [-0.25, -0.2) is 14.5 Å². The molecule has 0 aliphatic heterocycles. The zero-order valence-corrected chi connectivity index (χ0v) is 12.2. The van der Waals surface area contributed by atoms with E-state index in [1.54, 1.807) is 0 Å². The molecule has 21 heavy (non-hydrogen) atoms. The van der Waals surface area contributed by atoms with Crippen LogP contribution in [-0.2, 0) is 7.05 Å². The molecule has 104 valence electrons. The normalized spacial score (nSPS) is 11.6. The monoisotopic (exact) mass is 277 g/mol. The van der Waals surface area contributed by atoms with E-state index >= 15 is 0 Å². The molecule has 5 nitrogen and oxygen atoms in total. The Balaban J connectivity index is 1.98. The fraction of sp³-hybridized carbons (Fsp3) is 0.188. The highest BCUT2D eigenvalue weighted by molar-refractivity contribution is 5.81. The van der Waals surface area contributed by atoms with Crippen molar-refractivity contribution in [3.63, 3.8) is 0 Å². The fourth-order valence-electron chi connectivity index (χ4n) is 2.66. The first-order valence-electron chi connectivity index (χ1n) is 6.87. The lowest BCUT2D eigenvalue weighted by atomic mass is 10.1. The Morgan fingerprint density at radius 2 is 1.90 bits per heavy atom. The number of hydrogen-bond acceptors (Lipinski definition) is 3. The second-order valence-electron chi connectivity index (χ2n) is 5.41. The molecular formula is C16H15N5. The molecule has 0 saturated carbocycles. The van der Waals surface area contributed by atoms with E-state index in [0.29, 0.717) is 0 Å². The van der Waals surface area contributed by atoms with Crippen LogP contribution in [0.4, 0.5) is 0 Å². The van der Waals surface area contributed by atoms with Crippen LogP contribution in [-0.4, -0.2) is 24.1 Å². The molecule has 3 aromatic heterocycles. The van der Waals surface area contributed by atoms with Gasteiger partial charge in [0.1, 0.15) is 0 Å². The van der Waals surface area contributed by atoms with E-state index in [1.807, 2.05) is 41.6 Å². The van der Waals surface area contributed by atoms with Crippen molar-refractivity contribution in [2.75, 3.05) is 0 Å². The summed E-state index contributed by atoms with van der Waals surface area (Å²) in [5.74, 6) is 0. The average Bonchev–Trinajstić information content (AvgIpc) is 3.04. The Bertz CT molecular complexity index is 977. The summed E-state index contributed by atoms with van der Waals surface area (Å²) in [7, 11) is 2.00. The molecule has 4 rings (SSSR count). The smallest absolute Gasteiger partial charge is 0.156 e. The Kier molecular flexibility index (Phi) is 2.39. The maximum atomic E-state index is 4.71. The molecule has 0 amide bonds. The van der Waals surface area contributed by atoms with Crippen molar-refractivity contribution >= 4 is 16.7 Å². The fourth-order valence-corrected chi connectivity index (χ4v) is 2.66. The molecule has 0 spiro atoms. The summed E-state index contributed by atoms with van der Waals surface area (Å²) in [5.41, 5.74) is 7.22. The molecule has 4 aromatic rings. The van der Waals surface area contributed by atoms with Crippen molar-refractivity contribution in [1.29, 1.82) is 0 Å². The van der Waals surface area contributed by atoms with E-state index in [2.05, 4.69) is 35.1 Å². The molecule has 0 atom stereocenters. The zero-order valence-electron chi connectivity index (χ0n) is 12.2. The van der Waals surface area contributed by atoms with Crippen molar-refractivity contribution in [1.82, 2.24) is 24.1 Å². The number of aryl methyl sites for hydroxylation is 3. The van der Waals surface area contributed by atoms with E-state index in [9.17, 15) is 0 Å². The number of hydrogen-bond donors (Lipinski definition) is 0. The third kappa shape index (κ3) is 1.74. The third-order valence-corrected chi connectivity index (χ3v) is 3.84. The van der Waals surface area contributed by atoms with Gasteiger partial charge < -0.3 is 4.57 Å². The van der Waals surface area contributed by atoms with Crippen molar-refractivity contribution in [3.8, 4) is 11.3 Å². The minimum Gasteiger partial charge on any atom is -0.334 e. The van der Waals surface area contributed by atoms with Crippen LogP contribution in [0.5, 0.6) is 0 Å². The van der Waals surface area contributed by atoms with Crippen LogP contribution in [0.1, 0.15) is 11.3 Å². The highest BCUT2D eigenvalue weighted by atomic mass is 15.3. The third-order valence-electron chi connectivity index (χ3n) is 3.84. The van der Waals surface area contributed by atoms with Crippen molar-refractivity contribution in [2.45, 2.75) is 13.8 Å². The lowest BCUT2D eigenvalue weighted by Crippen LogP contribution is -1.99. The Hall–Kier alpha value is -2.69. The van der Waals surface area contributed by atoms with Gasteiger partial charge in [-0.3, -0.25) is 0 Å². The van der Waals surface area contributed by atoms with Gasteiger partial charge in [-0.05, 0) is 37.6 Å². The number of nitrogens with zero attached hydrogens (tertiary/aromatic N) is 5. The highest BCUT2D eigenvalue weighted by Crippen LogP contribution is 2.24. The predicted molar refractivity (Wildman–Crippen MR) is 82.2 cm³/mol. The molecular weight excluding hydrogens is 262 g/mol. The summed E-state index contributed by atoms with van der Waals surface area (Å²) < 4.78 is 3.92. The van der Waals surface area contributed by atoms with Crippen LogP contribution in [0.15, 0.2) is 36.8 Å². The lowest BCUT2D eigenvalue weighted by Gasteiger charge is -2.06. The van der Waals surface area contributed by atoms with Crippen LogP contribution < -0.4 is 0 Å². The first-order chi connectivity index (χ1) is 10.1. The van der Waals surface area contributed by atoms with Crippen LogP contribution in [0.3, 0.4) is 0 Å². The molecule has 0 fully saturated rings. The molecule has 0 bridgehead atoms. The summed E-state index contributed by atoms with van der Waals surface area (Å²) >= 11 is 0. The number of imidazole rings is 2. The van der Waals surface area contributed by atoms with E-state index in [-0.39, 0.29) is 0 Å². The van der Waals surface area contributed by atoms with Gasteiger partial charge in [-0.2, -0.15) is 5.10 Å². The summed E-state index contributed by atoms with van der Waals surface area (Å²) in [5, 5.41) is 4.71. The quantitative estimate of drug-likeness (QED) is 0.537. The summed E-state index contributed by atoms with van der Waals surface area (Å²) in [6.07, 6.45) is 3.68. The molecule has 0 aliphatic carbocycles. The minimum absolute atomic E-state index is 0.915. The molecule has 3 heterocycles. The minimum atomic E-state index is 0.915. The van der Waals surface area contributed by atoms with Gasteiger partial charge in [0.05, 0.1) is 34.9 Å². The standard InChI is InChI=1S/C16H15N5/c1-10-6-14(19-21-11(2)8-17-16(10)21)12-4-5-13-15(7-12)20(3)9-18-13/h4-9H,1-3H3. The van der Waals surface area contributed by atoms with E-state index in [0.717, 1.165) is 39.2 Å². The SMILES string of the molecule is Cc1cc(-c2ccc3ncn(C)c3c2)nn2c(C)cnc12. The number of aromatic nitrogens is 5. The summed E-state index contributed by atoms with van der Waals surface area (Å²) in [6, 6.07) is 8.31. The van der Waals surface area contributed by atoms with Gasteiger partial charge in [0.15, 0.2) is 5.65 Å². The van der Waals surface area contributed by atoms with E-state index < -0.39 is 0 Å². The zero-order chi connectivity index (χ0) is 14.6. The number of benzene rings is 1. The van der Waals surface area contributed by atoms with Crippen molar-refractivity contribution in [2.24, 2.45) is 7.05 Å². The van der Waals surface area contributed by atoms with E-state index in [4.69, 9.17) is 5.10 Å². The molecule has 5 heteroatoms. The van der Waals surface area contributed by atoms with Gasteiger partial charge in [0.2, 0.25) is 0 Å². The molecule has 0 saturated heterocycles. The lowest BCUT2D eigenvalue weighted by molar-refractivity contribution is 0.899. The summed E-state index contributed by atoms with van der Waals surface area (Å²) in [4.78, 5) is 8.75. The summed E-state index contributed by atoms with van der Waals surface area (Å²) in [6.45, 7) is 4.08.